The Morgan fingerprint density at radius 2 is 2.09 bits per heavy atom. The predicted molar refractivity (Wildman–Crippen MR) is 69.1 cm³/mol. The highest BCUT2D eigenvalue weighted by Crippen LogP contribution is 2.38. The molecule has 0 bridgehead atoms. The number of carbonyl (C=O) groups excluding carboxylic acids is 1. The molecule has 120 valence electrons. The molecule has 1 atom stereocenters. The van der Waals surface area contributed by atoms with Crippen molar-refractivity contribution in [3.8, 4) is 0 Å². The molecule has 2 rings (SSSR count). The van der Waals surface area contributed by atoms with Crippen LogP contribution >= 0.6 is 0 Å². The van der Waals surface area contributed by atoms with Crippen LogP contribution < -0.4 is 5.43 Å². The number of rotatable bonds is 4. The van der Waals surface area contributed by atoms with Gasteiger partial charge < -0.3 is 9.84 Å². The Kier molecular flexibility index (Phi) is 4.38. The molecule has 1 aliphatic rings. The SMILES string of the molecule is COCCC1=C[C@@](O)(C(F)(F)F)N(C(=O)c2ccncc2)N1. The number of nitrogens with zero attached hydrogens (tertiary/aromatic N) is 2. The first-order valence-corrected chi connectivity index (χ1v) is 6.30. The number of aliphatic hydroxyl groups is 1. The molecule has 0 unspecified atom stereocenters. The molecule has 1 amide bonds. The minimum Gasteiger partial charge on any atom is -0.384 e. The highest BCUT2D eigenvalue weighted by atomic mass is 19.4. The molecule has 9 heteroatoms. The number of methoxy groups -OCH3 is 1. The standard InChI is InChI=1S/C13H14F3N3O3/c1-22-7-4-10-8-12(21,13(14,15)16)19(18-10)11(20)9-2-5-17-6-3-9/h2-3,5-6,8,18,21H,4,7H2,1H3/t12-/m1/s1. The van der Waals surface area contributed by atoms with Crippen molar-refractivity contribution in [3.05, 3.63) is 41.9 Å². The number of carbonyl (C=O) groups is 1. The second-order valence-electron chi connectivity index (χ2n) is 4.62. The Morgan fingerprint density at radius 1 is 1.45 bits per heavy atom. The van der Waals surface area contributed by atoms with E-state index in [9.17, 15) is 23.1 Å². The lowest BCUT2D eigenvalue weighted by molar-refractivity contribution is -0.283. The maximum atomic E-state index is 13.2. The Balaban J connectivity index is 2.32. The van der Waals surface area contributed by atoms with Gasteiger partial charge in [-0.05, 0) is 18.2 Å². The fraction of sp³-hybridized carbons (Fsp3) is 0.385. The Bertz CT molecular complexity index is 577. The van der Waals surface area contributed by atoms with Gasteiger partial charge in [0.05, 0.1) is 6.61 Å². The summed E-state index contributed by atoms with van der Waals surface area (Å²) in [6.45, 7) is 0.143. The molecule has 2 N–H and O–H groups in total. The molecule has 1 aliphatic heterocycles. The number of aromatic nitrogens is 1. The zero-order valence-corrected chi connectivity index (χ0v) is 11.6. The second-order valence-corrected chi connectivity index (χ2v) is 4.62. The molecule has 0 aliphatic carbocycles. The largest absolute Gasteiger partial charge is 0.442 e. The summed E-state index contributed by atoms with van der Waals surface area (Å²) in [6.07, 6.45) is -1.85. The summed E-state index contributed by atoms with van der Waals surface area (Å²) in [5, 5.41) is 10.1. The molecule has 0 saturated carbocycles. The van der Waals surface area contributed by atoms with Crippen LogP contribution in [0.2, 0.25) is 0 Å². The van der Waals surface area contributed by atoms with Crippen molar-refractivity contribution in [1.82, 2.24) is 15.4 Å². The quantitative estimate of drug-likeness (QED) is 0.873. The number of amides is 1. The summed E-state index contributed by atoms with van der Waals surface area (Å²) in [6, 6.07) is 2.52. The van der Waals surface area contributed by atoms with Gasteiger partial charge in [-0.3, -0.25) is 15.2 Å². The summed E-state index contributed by atoms with van der Waals surface area (Å²) in [5.74, 6) is -1.02. The topological polar surface area (TPSA) is 74.7 Å². The smallest absolute Gasteiger partial charge is 0.384 e. The van der Waals surface area contributed by atoms with E-state index in [0.29, 0.717) is 6.08 Å². The van der Waals surface area contributed by atoms with Gasteiger partial charge in [-0.1, -0.05) is 0 Å². The average Bonchev–Trinajstić information content (AvgIpc) is 2.83. The summed E-state index contributed by atoms with van der Waals surface area (Å²) in [7, 11) is 1.39. The number of alkyl halides is 3. The van der Waals surface area contributed by atoms with Crippen LogP contribution in [0.5, 0.6) is 0 Å². The number of hydrazine groups is 1. The van der Waals surface area contributed by atoms with E-state index in [4.69, 9.17) is 4.74 Å². The maximum Gasteiger partial charge on any atom is 0.442 e. The van der Waals surface area contributed by atoms with Gasteiger partial charge in [-0.25, -0.2) is 5.01 Å². The fourth-order valence-electron chi connectivity index (χ4n) is 1.95. The fourth-order valence-corrected chi connectivity index (χ4v) is 1.95. The third-order valence-corrected chi connectivity index (χ3v) is 3.09. The Labute approximate surface area is 124 Å². The number of nitrogens with one attached hydrogen (secondary N) is 1. The van der Waals surface area contributed by atoms with Crippen molar-refractivity contribution >= 4 is 5.91 Å². The minimum atomic E-state index is -5.06. The van der Waals surface area contributed by atoms with Crippen LogP contribution in [-0.4, -0.2) is 46.6 Å². The van der Waals surface area contributed by atoms with Gasteiger partial charge in [0.1, 0.15) is 0 Å². The van der Waals surface area contributed by atoms with E-state index in [1.165, 1.54) is 31.6 Å². The lowest BCUT2D eigenvalue weighted by Gasteiger charge is -2.33. The summed E-state index contributed by atoms with van der Waals surface area (Å²) < 4.78 is 44.4. The van der Waals surface area contributed by atoms with Gasteiger partial charge in [0.15, 0.2) is 0 Å². The maximum absolute atomic E-state index is 13.2. The van der Waals surface area contributed by atoms with Crippen LogP contribution in [0, 0.1) is 0 Å². The molecule has 0 saturated heterocycles. The van der Waals surface area contributed by atoms with Crippen LogP contribution in [-0.2, 0) is 4.74 Å². The molecule has 0 radical (unpaired) electrons. The van der Waals surface area contributed by atoms with Crippen molar-refractivity contribution < 1.29 is 27.8 Å². The average molecular weight is 317 g/mol. The second kappa shape index (κ2) is 5.93. The molecule has 22 heavy (non-hydrogen) atoms. The zero-order chi connectivity index (χ0) is 16.4. The molecular formula is C13H14F3N3O3. The van der Waals surface area contributed by atoms with Gasteiger partial charge in [0.25, 0.3) is 11.6 Å². The number of hydrogen-bond donors (Lipinski definition) is 2. The van der Waals surface area contributed by atoms with Crippen molar-refractivity contribution in [2.24, 2.45) is 0 Å². The molecule has 1 aromatic rings. The third-order valence-electron chi connectivity index (χ3n) is 3.09. The molecule has 6 nitrogen and oxygen atoms in total. The normalized spacial score (nSPS) is 21.5. The summed E-state index contributed by atoms with van der Waals surface area (Å²) >= 11 is 0. The van der Waals surface area contributed by atoms with E-state index >= 15 is 0 Å². The monoisotopic (exact) mass is 317 g/mol. The molecular weight excluding hydrogens is 303 g/mol. The van der Waals surface area contributed by atoms with Gasteiger partial charge in [0, 0.05) is 37.2 Å². The van der Waals surface area contributed by atoms with Crippen LogP contribution in [0.1, 0.15) is 16.8 Å². The molecule has 0 spiro atoms. The molecule has 0 fully saturated rings. The highest BCUT2D eigenvalue weighted by molar-refractivity contribution is 5.94. The van der Waals surface area contributed by atoms with Gasteiger partial charge in [-0.15, -0.1) is 0 Å². The first kappa shape index (κ1) is 16.2. The van der Waals surface area contributed by atoms with Gasteiger partial charge >= 0.3 is 6.18 Å². The van der Waals surface area contributed by atoms with Crippen LogP contribution in [0.25, 0.3) is 0 Å². The summed E-state index contributed by atoms with van der Waals surface area (Å²) in [5.41, 5.74) is -1.11. The number of ether oxygens (including phenoxy) is 1. The lowest BCUT2D eigenvalue weighted by Crippen LogP contribution is -2.60. The first-order chi connectivity index (χ1) is 10.3. The Hall–Kier alpha value is -2.13. The third kappa shape index (κ3) is 2.90. The van der Waals surface area contributed by atoms with Crippen LogP contribution in [0.4, 0.5) is 13.2 Å². The van der Waals surface area contributed by atoms with Gasteiger partial charge in [0.2, 0.25) is 0 Å². The van der Waals surface area contributed by atoms with Crippen molar-refractivity contribution in [1.29, 1.82) is 0 Å². The van der Waals surface area contributed by atoms with E-state index in [1.807, 2.05) is 0 Å². The van der Waals surface area contributed by atoms with Crippen molar-refractivity contribution in [3.63, 3.8) is 0 Å². The van der Waals surface area contributed by atoms with E-state index < -0.39 is 17.8 Å². The molecule has 2 heterocycles. The molecule has 0 aromatic carbocycles. The van der Waals surface area contributed by atoms with Crippen molar-refractivity contribution in [2.45, 2.75) is 18.3 Å². The van der Waals surface area contributed by atoms with Crippen LogP contribution in [0.15, 0.2) is 36.3 Å². The van der Waals surface area contributed by atoms with Crippen molar-refractivity contribution in [2.75, 3.05) is 13.7 Å². The number of halogens is 3. The van der Waals surface area contributed by atoms with E-state index in [2.05, 4.69) is 10.4 Å². The van der Waals surface area contributed by atoms with E-state index in [1.54, 1.807) is 0 Å². The Morgan fingerprint density at radius 3 is 2.64 bits per heavy atom. The zero-order valence-electron chi connectivity index (χ0n) is 11.6. The lowest BCUT2D eigenvalue weighted by atomic mass is 10.1. The van der Waals surface area contributed by atoms with Gasteiger partial charge in [-0.2, -0.15) is 13.2 Å². The highest BCUT2D eigenvalue weighted by Gasteiger charge is 2.61. The minimum absolute atomic E-state index is 0.0356. The van der Waals surface area contributed by atoms with E-state index in [-0.39, 0.29) is 29.3 Å². The molecule has 1 aromatic heterocycles. The number of hydrogen-bond acceptors (Lipinski definition) is 5. The number of pyridine rings is 1. The van der Waals surface area contributed by atoms with Crippen LogP contribution in [0.3, 0.4) is 0 Å². The first-order valence-electron chi connectivity index (χ1n) is 6.30. The summed E-state index contributed by atoms with van der Waals surface area (Å²) in [4.78, 5) is 15.9. The predicted octanol–water partition coefficient (Wildman–Crippen LogP) is 1.21. The van der Waals surface area contributed by atoms with E-state index in [0.717, 1.165) is 0 Å².